The van der Waals surface area contributed by atoms with Crippen LogP contribution in [0.2, 0.25) is 0 Å². The van der Waals surface area contributed by atoms with E-state index in [1.807, 2.05) is 0 Å². The summed E-state index contributed by atoms with van der Waals surface area (Å²) in [5, 5.41) is 3.44. The fourth-order valence-corrected chi connectivity index (χ4v) is 2.40. The molecule has 4 nitrogen and oxygen atoms in total. The monoisotopic (exact) mass is 220 g/mol. The second-order valence-electron chi connectivity index (χ2n) is 4.91. The summed E-state index contributed by atoms with van der Waals surface area (Å²) in [6.07, 6.45) is 6.09. The molecule has 2 fully saturated rings. The highest BCUT2D eigenvalue weighted by molar-refractivity contribution is 5.35. The topological polar surface area (TPSA) is 33.1 Å². The van der Waals surface area contributed by atoms with Gasteiger partial charge in [0.1, 0.15) is 0 Å². The maximum Gasteiger partial charge on any atom is 0.206 e. The normalized spacial score (nSPS) is 22.2. The summed E-state index contributed by atoms with van der Waals surface area (Å²) < 4.78 is 2.39. The van der Waals surface area contributed by atoms with Gasteiger partial charge in [0, 0.05) is 31.9 Å². The summed E-state index contributed by atoms with van der Waals surface area (Å²) in [4.78, 5) is 7.13. The highest BCUT2D eigenvalue weighted by Crippen LogP contribution is 2.38. The number of rotatable bonds is 2. The van der Waals surface area contributed by atoms with Crippen LogP contribution >= 0.6 is 0 Å². The molecule has 0 atom stereocenters. The molecular formula is C12H20N4. The highest BCUT2D eigenvalue weighted by atomic mass is 15.3. The molecule has 1 aliphatic carbocycles. The molecule has 88 valence electrons. The predicted molar refractivity (Wildman–Crippen MR) is 64.9 cm³/mol. The molecular weight excluding hydrogens is 200 g/mol. The Bertz CT molecular complexity index is 359. The lowest BCUT2D eigenvalue weighted by Gasteiger charge is -2.22. The minimum Gasteiger partial charge on any atom is -0.341 e. The Morgan fingerprint density at radius 3 is 3.00 bits per heavy atom. The van der Waals surface area contributed by atoms with Crippen molar-refractivity contribution in [2.45, 2.75) is 32.2 Å². The minimum absolute atomic E-state index is 0.729. The van der Waals surface area contributed by atoms with E-state index in [0.717, 1.165) is 37.9 Å². The zero-order valence-electron chi connectivity index (χ0n) is 9.95. The zero-order valence-corrected chi connectivity index (χ0v) is 9.95. The van der Waals surface area contributed by atoms with Crippen LogP contribution < -0.4 is 10.2 Å². The number of aryl methyl sites for hydroxylation is 1. The average molecular weight is 220 g/mol. The molecule has 3 rings (SSSR count). The molecule has 16 heavy (non-hydrogen) atoms. The largest absolute Gasteiger partial charge is 0.341 e. The molecule has 2 aliphatic rings. The molecule has 4 heteroatoms. The Balaban J connectivity index is 1.85. The molecule has 0 aromatic carbocycles. The van der Waals surface area contributed by atoms with Gasteiger partial charge in [0.2, 0.25) is 5.95 Å². The third-order valence-corrected chi connectivity index (χ3v) is 3.40. The van der Waals surface area contributed by atoms with Crippen molar-refractivity contribution in [2.75, 3.05) is 31.1 Å². The van der Waals surface area contributed by atoms with Crippen molar-refractivity contribution >= 4 is 5.95 Å². The van der Waals surface area contributed by atoms with Crippen molar-refractivity contribution in [3.63, 3.8) is 0 Å². The van der Waals surface area contributed by atoms with Crippen molar-refractivity contribution in [3.05, 3.63) is 11.9 Å². The lowest BCUT2D eigenvalue weighted by atomic mass is 10.4. The van der Waals surface area contributed by atoms with Gasteiger partial charge >= 0.3 is 0 Å². The van der Waals surface area contributed by atoms with Gasteiger partial charge in [-0.25, -0.2) is 4.98 Å². The molecule has 0 amide bonds. The van der Waals surface area contributed by atoms with Crippen LogP contribution in [0.1, 0.15) is 31.0 Å². The molecule has 1 saturated carbocycles. The molecule has 0 spiro atoms. The number of aromatic nitrogens is 2. The van der Waals surface area contributed by atoms with Crippen molar-refractivity contribution in [1.82, 2.24) is 14.9 Å². The van der Waals surface area contributed by atoms with Gasteiger partial charge < -0.3 is 14.8 Å². The maximum absolute atomic E-state index is 4.70. The Hall–Kier alpha value is -1.03. The van der Waals surface area contributed by atoms with Gasteiger partial charge in [-0.1, -0.05) is 0 Å². The van der Waals surface area contributed by atoms with Crippen LogP contribution in [0.5, 0.6) is 0 Å². The summed E-state index contributed by atoms with van der Waals surface area (Å²) in [5.41, 5.74) is 1.15. The predicted octanol–water partition coefficient (Wildman–Crippen LogP) is 1.33. The fourth-order valence-electron chi connectivity index (χ4n) is 2.40. The van der Waals surface area contributed by atoms with E-state index in [4.69, 9.17) is 4.98 Å². The first-order chi connectivity index (χ1) is 7.84. The first kappa shape index (κ1) is 10.1. The molecule has 1 aromatic heterocycles. The number of imidazole rings is 1. The minimum atomic E-state index is 0.729. The smallest absolute Gasteiger partial charge is 0.206 e. The summed E-state index contributed by atoms with van der Waals surface area (Å²) in [5.74, 6) is 1.20. The van der Waals surface area contributed by atoms with Crippen LogP contribution in [0, 0.1) is 6.92 Å². The van der Waals surface area contributed by atoms with E-state index in [9.17, 15) is 0 Å². The Kier molecular flexibility index (Phi) is 2.59. The van der Waals surface area contributed by atoms with Crippen molar-refractivity contribution in [1.29, 1.82) is 0 Å². The number of nitrogens with zero attached hydrogens (tertiary/aromatic N) is 3. The van der Waals surface area contributed by atoms with E-state index in [-0.39, 0.29) is 0 Å². The van der Waals surface area contributed by atoms with Crippen LogP contribution in [-0.4, -0.2) is 35.7 Å². The van der Waals surface area contributed by atoms with Crippen LogP contribution in [-0.2, 0) is 0 Å². The molecule has 1 aliphatic heterocycles. The Labute approximate surface area is 96.7 Å². The Morgan fingerprint density at radius 2 is 2.19 bits per heavy atom. The van der Waals surface area contributed by atoms with Crippen LogP contribution in [0.25, 0.3) is 0 Å². The number of hydrogen-bond acceptors (Lipinski definition) is 3. The second kappa shape index (κ2) is 4.09. The van der Waals surface area contributed by atoms with E-state index in [1.54, 1.807) is 0 Å². The Morgan fingerprint density at radius 1 is 1.31 bits per heavy atom. The summed E-state index contributed by atoms with van der Waals surface area (Å²) in [6, 6.07) is 0.729. The second-order valence-corrected chi connectivity index (χ2v) is 4.91. The quantitative estimate of drug-likeness (QED) is 0.816. The summed E-state index contributed by atoms with van der Waals surface area (Å²) >= 11 is 0. The van der Waals surface area contributed by atoms with Crippen LogP contribution in [0.4, 0.5) is 5.95 Å². The van der Waals surface area contributed by atoms with Gasteiger partial charge in [0.25, 0.3) is 0 Å². The van der Waals surface area contributed by atoms with Crippen molar-refractivity contribution < 1.29 is 0 Å². The lowest BCUT2D eigenvalue weighted by Crippen LogP contribution is -2.30. The van der Waals surface area contributed by atoms with Crippen molar-refractivity contribution in [3.8, 4) is 0 Å². The molecule has 0 radical (unpaired) electrons. The zero-order chi connectivity index (χ0) is 11.0. The molecule has 0 unspecified atom stereocenters. The molecule has 1 N–H and O–H groups in total. The standard InChI is InChI=1S/C12H20N4/c1-10-9-16(11-3-4-11)12(14-10)15-7-2-5-13-6-8-15/h9,11,13H,2-8H2,1H3. The lowest BCUT2D eigenvalue weighted by molar-refractivity contribution is 0.687. The first-order valence-corrected chi connectivity index (χ1v) is 6.36. The van der Waals surface area contributed by atoms with Crippen LogP contribution in [0.15, 0.2) is 6.20 Å². The first-order valence-electron chi connectivity index (χ1n) is 6.36. The third kappa shape index (κ3) is 1.94. The van der Waals surface area contributed by atoms with E-state index in [2.05, 4.69) is 27.9 Å². The number of nitrogens with one attached hydrogen (secondary N) is 1. The van der Waals surface area contributed by atoms with E-state index >= 15 is 0 Å². The SMILES string of the molecule is Cc1cn(C2CC2)c(N2CCCNCC2)n1. The van der Waals surface area contributed by atoms with Gasteiger partial charge in [-0.3, -0.25) is 0 Å². The molecule has 0 bridgehead atoms. The highest BCUT2D eigenvalue weighted by Gasteiger charge is 2.28. The summed E-state index contributed by atoms with van der Waals surface area (Å²) in [6.45, 7) is 6.54. The van der Waals surface area contributed by atoms with Gasteiger partial charge in [-0.15, -0.1) is 0 Å². The van der Waals surface area contributed by atoms with Crippen LogP contribution in [0.3, 0.4) is 0 Å². The fraction of sp³-hybridized carbons (Fsp3) is 0.750. The third-order valence-electron chi connectivity index (χ3n) is 3.40. The van der Waals surface area contributed by atoms with Gasteiger partial charge in [0.05, 0.1) is 5.69 Å². The number of hydrogen-bond donors (Lipinski definition) is 1. The van der Waals surface area contributed by atoms with E-state index in [0.29, 0.717) is 0 Å². The molecule has 1 saturated heterocycles. The maximum atomic E-state index is 4.70. The van der Waals surface area contributed by atoms with Crippen molar-refractivity contribution in [2.24, 2.45) is 0 Å². The van der Waals surface area contributed by atoms with E-state index < -0.39 is 0 Å². The van der Waals surface area contributed by atoms with Gasteiger partial charge in [-0.05, 0) is 32.7 Å². The molecule has 2 heterocycles. The van der Waals surface area contributed by atoms with Gasteiger partial charge in [0.15, 0.2) is 0 Å². The van der Waals surface area contributed by atoms with E-state index in [1.165, 1.54) is 25.2 Å². The molecule has 1 aromatic rings. The number of anilines is 1. The summed E-state index contributed by atoms with van der Waals surface area (Å²) in [7, 11) is 0. The average Bonchev–Trinajstić information content (AvgIpc) is 3.07. The van der Waals surface area contributed by atoms with Gasteiger partial charge in [-0.2, -0.15) is 0 Å².